The van der Waals surface area contributed by atoms with Crippen LogP contribution in [0.3, 0.4) is 0 Å². The Balaban J connectivity index is 1.70. The zero-order chi connectivity index (χ0) is 17.6. The molecule has 5 nitrogen and oxygen atoms in total. The van der Waals surface area contributed by atoms with Gasteiger partial charge < -0.3 is 0 Å². The summed E-state index contributed by atoms with van der Waals surface area (Å²) in [7, 11) is 0. The summed E-state index contributed by atoms with van der Waals surface area (Å²) in [5.41, 5.74) is 5.88. The number of nitrogens with zero attached hydrogens (tertiary/aromatic N) is 3. The van der Waals surface area contributed by atoms with E-state index in [9.17, 15) is 4.79 Å². The molecule has 0 radical (unpaired) electrons. The monoisotopic (exact) mass is 352 g/mol. The number of hydrogen-bond acceptors (Lipinski definition) is 3. The van der Waals surface area contributed by atoms with Crippen LogP contribution in [0.15, 0.2) is 65.8 Å². The summed E-state index contributed by atoms with van der Waals surface area (Å²) in [4.78, 5) is 11.9. The van der Waals surface area contributed by atoms with Crippen LogP contribution in [0.25, 0.3) is 5.69 Å². The first kappa shape index (κ1) is 16.9. The molecule has 0 aliphatic heterocycles. The van der Waals surface area contributed by atoms with E-state index in [2.05, 4.69) is 15.6 Å². The summed E-state index contributed by atoms with van der Waals surface area (Å²) in [5, 5.41) is 8.66. The first-order valence-electron chi connectivity index (χ1n) is 7.81. The Morgan fingerprint density at radius 1 is 1.16 bits per heavy atom. The lowest BCUT2D eigenvalue weighted by Crippen LogP contribution is -2.19. The van der Waals surface area contributed by atoms with E-state index in [-0.39, 0.29) is 12.3 Å². The van der Waals surface area contributed by atoms with Crippen molar-refractivity contribution < 1.29 is 4.79 Å². The van der Waals surface area contributed by atoms with E-state index < -0.39 is 0 Å². The zero-order valence-electron chi connectivity index (χ0n) is 13.7. The Hall–Kier alpha value is -2.92. The van der Waals surface area contributed by atoms with E-state index >= 15 is 0 Å². The molecule has 25 heavy (non-hydrogen) atoms. The van der Waals surface area contributed by atoms with Crippen LogP contribution in [-0.4, -0.2) is 21.9 Å². The maximum atomic E-state index is 11.9. The fourth-order valence-corrected chi connectivity index (χ4v) is 2.70. The van der Waals surface area contributed by atoms with Gasteiger partial charge >= 0.3 is 0 Å². The maximum Gasteiger partial charge on any atom is 0.244 e. The van der Waals surface area contributed by atoms with Crippen molar-refractivity contribution in [3.63, 3.8) is 0 Å². The number of nitrogens with one attached hydrogen (secondary N) is 1. The molecule has 1 amide bonds. The molecule has 0 spiro atoms. The number of para-hydroxylation sites is 1. The van der Waals surface area contributed by atoms with Crippen molar-refractivity contribution in [3.05, 3.63) is 82.6 Å². The van der Waals surface area contributed by atoms with E-state index in [4.69, 9.17) is 11.6 Å². The van der Waals surface area contributed by atoms with Gasteiger partial charge in [-0.25, -0.2) is 10.1 Å². The minimum Gasteiger partial charge on any atom is -0.273 e. The summed E-state index contributed by atoms with van der Waals surface area (Å²) in [6.07, 6.45) is 1.79. The van der Waals surface area contributed by atoms with Gasteiger partial charge in [0.25, 0.3) is 0 Å². The molecule has 2 aromatic carbocycles. The lowest BCUT2D eigenvalue weighted by Gasteiger charge is -2.03. The SMILES string of the molecule is Cc1c(/C=N\NC(=O)Cc2ccccc2)c(Cl)nn1-c1ccccc1. The van der Waals surface area contributed by atoms with Gasteiger partial charge in [0.05, 0.1) is 29.6 Å². The van der Waals surface area contributed by atoms with Crippen molar-refractivity contribution in [2.75, 3.05) is 0 Å². The molecule has 0 aliphatic carbocycles. The van der Waals surface area contributed by atoms with Crippen LogP contribution < -0.4 is 5.43 Å². The lowest BCUT2D eigenvalue weighted by atomic mass is 10.1. The predicted molar refractivity (Wildman–Crippen MR) is 99.2 cm³/mol. The molecule has 1 heterocycles. The number of rotatable bonds is 5. The Morgan fingerprint density at radius 3 is 2.48 bits per heavy atom. The molecule has 0 atom stereocenters. The first-order valence-corrected chi connectivity index (χ1v) is 8.19. The molecule has 3 aromatic rings. The molecule has 0 saturated heterocycles. The number of carbonyl (C=O) groups is 1. The Morgan fingerprint density at radius 2 is 1.80 bits per heavy atom. The summed E-state index contributed by atoms with van der Waals surface area (Å²) in [6.45, 7) is 1.90. The van der Waals surface area contributed by atoms with Crippen LogP contribution in [0.5, 0.6) is 0 Å². The second kappa shape index (κ2) is 7.77. The minimum atomic E-state index is -0.188. The van der Waals surface area contributed by atoms with Gasteiger partial charge in [-0.15, -0.1) is 0 Å². The number of aromatic nitrogens is 2. The predicted octanol–water partition coefficient (Wildman–Crippen LogP) is 3.53. The standard InChI is InChI=1S/C19H17ClN4O/c1-14-17(19(20)23-24(14)16-10-6-3-7-11-16)13-21-22-18(25)12-15-8-4-2-5-9-15/h2-11,13H,12H2,1H3,(H,22,25)/b21-13-. The summed E-state index contributed by atoms with van der Waals surface area (Å²) < 4.78 is 1.75. The largest absolute Gasteiger partial charge is 0.273 e. The highest BCUT2D eigenvalue weighted by atomic mass is 35.5. The summed E-state index contributed by atoms with van der Waals surface area (Å²) in [6, 6.07) is 19.2. The average Bonchev–Trinajstić information content (AvgIpc) is 2.91. The molecule has 0 saturated carbocycles. The second-order valence-electron chi connectivity index (χ2n) is 5.49. The molecular weight excluding hydrogens is 336 g/mol. The maximum absolute atomic E-state index is 11.9. The van der Waals surface area contributed by atoms with E-state index in [0.29, 0.717) is 10.7 Å². The quantitative estimate of drug-likeness (QED) is 0.564. The summed E-state index contributed by atoms with van der Waals surface area (Å²) in [5.74, 6) is -0.188. The van der Waals surface area contributed by atoms with Gasteiger partial charge in [-0.05, 0) is 24.6 Å². The topological polar surface area (TPSA) is 59.3 Å². The van der Waals surface area contributed by atoms with Gasteiger partial charge in [-0.3, -0.25) is 4.79 Å². The van der Waals surface area contributed by atoms with Crippen molar-refractivity contribution >= 4 is 23.7 Å². The van der Waals surface area contributed by atoms with E-state index in [0.717, 1.165) is 16.9 Å². The molecule has 3 rings (SSSR count). The van der Waals surface area contributed by atoms with Gasteiger partial charge in [-0.2, -0.15) is 10.2 Å². The van der Waals surface area contributed by atoms with Crippen LogP contribution in [0.2, 0.25) is 5.15 Å². The Kier molecular flexibility index (Phi) is 5.26. The van der Waals surface area contributed by atoms with Crippen molar-refractivity contribution in [1.29, 1.82) is 0 Å². The van der Waals surface area contributed by atoms with Crippen molar-refractivity contribution in [2.24, 2.45) is 5.10 Å². The van der Waals surface area contributed by atoms with Crippen LogP contribution in [0, 0.1) is 6.92 Å². The van der Waals surface area contributed by atoms with Crippen LogP contribution in [0.1, 0.15) is 16.8 Å². The number of hydrogen-bond donors (Lipinski definition) is 1. The van der Waals surface area contributed by atoms with Crippen LogP contribution >= 0.6 is 11.6 Å². The zero-order valence-corrected chi connectivity index (χ0v) is 14.4. The normalized spacial score (nSPS) is 11.0. The van der Waals surface area contributed by atoms with Crippen molar-refractivity contribution in [2.45, 2.75) is 13.3 Å². The molecule has 126 valence electrons. The van der Waals surface area contributed by atoms with Gasteiger partial charge in [-0.1, -0.05) is 60.1 Å². The molecule has 1 aromatic heterocycles. The lowest BCUT2D eigenvalue weighted by molar-refractivity contribution is -0.120. The van der Waals surface area contributed by atoms with E-state index in [1.165, 1.54) is 6.21 Å². The molecule has 6 heteroatoms. The Labute approximate surface area is 150 Å². The third kappa shape index (κ3) is 4.14. The minimum absolute atomic E-state index is 0.188. The molecule has 0 fully saturated rings. The third-order valence-electron chi connectivity index (χ3n) is 3.71. The average molecular weight is 353 g/mol. The molecule has 0 bridgehead atoms. The van der Waals surface area contributed by atoms with Gasteiger partial charge in [0.1, 0.15) is 0 Å². The van der Waals surface area contributed by atoms with Gasteiger partial charge in [0.15, 0.2) is 5.15 Å². The summed E-state index contributed by atoms with van der Waals surface area (Å²) >= 11 is 6.21. The second-order valence-corrected chi connectivity index (χ2v) is 5.85. The number of benzene rings is 2. The van der Waals surface area contributed by atoms with Gasteiger partial charge in [0.2, 0.25) is 5.91 Å². The smallest absolute Gasteiger partial charge is 0.244 e. The molecule has 1 N–H and O–H groups in total. The number of carbonyl (C=O) groups excluding carboxylic acids is 1. The van der Waals surface area contributed by atoms with Crippen LogP contribution in [-0.2, 0) is 11.2 Å². The van der Waals surface area contributed by atoms with Crippen molar-refractivity contribution in [3.8, 4) is 5.69 Å². The fourth-order valence-electron chi connectivity index (χ4n) is 2.44. The molecular formula is C19H17ClN4O. The first-order chi connectivity index (χ1) is 12.1. The highest BCUT2D eigenvalue weighted by Gasteiger charge is 2.12. The van der Waals surface area contributed by atoms with Crippen LogP contribution in [0.4, 0.5) is 0 Å². The van der Waals surface area contributed by atoms with Crippen molar-refractivity contribution in [1.82, 2.24) is 15.2 Å². The third-order valence-corrected chi connectivity index (χ3v) is 3.99. The number of halogens is 1. The molecule has 0 aliphatic rings. The fraction of sp³-hybridized carbons (Fsp3) is 0.105. The Bertz CT molecular complexity index is 889. The highest BCUT2D eigenvalue weighted by molar-refractivity contribution is 6.32. The highest BCUT2D eigenvalue weighted by Crippen LogP contribution is 2.20. The number of hydrazone groups is 1. The number of amides is 1. The van der Waals surface area contributed by atoms with Gasteiger partial charge in [0, 0.05) is 0 Å². The van der Waals surface area contributed by atoms with E-state index in [1.807, 2.05) is 67.6 Å². The molecule has 0 unspecified atom stereocenters. The van der Waals surface area contributed by atoms with E-state index in [1.54, 1.807) is 4.68 Å².